The number of rotatable bonds is 10. The minimum Gasteiger partial charge on any atom is -0.494 e. The maximum atomic E-state index is 12.2. The Morgan fingerprint density at radius 2 is 2.04 bits per heavy atom. The first-order chi connectivity index (χ1) is 10.9. The number of nitrogens with one attached hydrogen (secondary N) is 1. The van der Waals surface area contributed by atoms with Gasteiger partial charge in [-0.25, -0.2) is 13.6 Å². The number of hydrogen-bond donors (Lipinski definition) is 2. The normalized spacial score (nSPS) is 12.0. The Balaban J connectivity index is 2.21. The second-order valence-corrected chi connectivity index (χ2v) is 5.21. The van der Waals surface area contributed by atoms with Crippen molar-refractivity contribution in [1.82, 2.24) is 5.32 Å². The van der Waals surface area contributed by atoms with Crippen LogP contribution in [0, 0.1) is 6.92 Å². The first-order valence-corrected chi connectivity index (χ1v) is 7.38. The van der Waals surface area contributed by atoms with Crippen LogP contribution in [-0.2, 0) is 9.59 Å². The predicted octanol–water partition coefficient (Wildman–Crippen LogP) is 2.77. The molecule has 1 aromatic rings. The van der Waals surface area contributed by atoms with E-state index in [4.69, 9.17) is 9.84 Å². The third kappa shape index (κ3) is 8.13. The summed E-state index contributed by atoms with van der Waals surface area (Å²) in [5.41, 5.74) is 1.08. The van der Waals surface area contributed by atoms with Crippen molar-refractivity contribution in [3.8, 4) is 5.75 Å². The van der Waals surface area contributed by atoms with E-state index in [1.807, 2.05) is 31.2 Å². The smallest absolute Gasteiger partial charge is 0.326 e. The molecule has 0 saturated carbocycles. The summed E-state index contributed by atoms with van der Waals surface area (Å²) in [7, 11) is 0. The molecule has 23 heavy (non-hydrogen) atoms. The molecule has 0 fully saturated rings. The topological polar surface area (TPSA) is 75.6 Å². The number of benzene rings is 1. The van der Waals surface area contributed by atoms with Crippen molar-refractivity contribution in [2.24, 2.45) is 0 Å². The fraction of sp³-hybridized carbons (Fsp3) is 0.500. The van der Waals surface area contributed by atoms with Crippen LogP contribution in [-0.4, -0.2) is 36.1 Å². The molecule has 0 aliphatic rings. The van der Waals surface area contributed by atoms with Gasteiger partial charge < -0.3 is 15.2 Å². The maximum absolute atomic E-state index is 12.2. The van der Waals surface area contributed by atoms with Gasteiger partial charge in [0.25, 0.3) is 0 Å². The van der Waals surface area contributed by atoms with E-state index in [-0.39, 0.29) is 6.42 Å². The van der Waals surface area contributed by atoms with Gasteiger partial charge >= 0.3 is 5.97 Å². The summed E-state index contributed by atoms with van der Waals surface area (Å²) < 4.78 is 29.9. The van der Waals surface area contributed by atoms with E-state index in [1.165, 1.54) is 0 Å². The number of amides is 1. The number of ether oxygens (including phenoxy) is 1. The number of carboxylic acids is 1. The van der Waals surface area contributed by atoms with Gasteiger partial charge in [0.05, 0.1) is 6.61 Å². The van der Waals surface area contributed by atoms with E-state index in [2.05, 4.69) is 5.32 Å². The van der Waals surface area contributed by atoms with Crippen molar-refractivity contribution >= 4 is 11.9 Å². The van der Waals surface area contributed by atoms with E-state index >= 15 is 0 Å². The van der Waals surface area contributed by atoms with Crippen LogP contribution in [0.15, 0.2) is 24.3 Å². The average molecular weight is 329 g/mol. The number of carbonyl (C=O) groups excluding carboxylic acids is 1. The number of unbranched alkanes of at least 4 members (excludes halogenated alkanes) is 1. The van der Waals surface area contributed by atoms with Crippen molar-refractivity contribution in [3.63, 3.8) is 0 Å². The number of alkyl halides is 2. The van der Waals surface area contributed by atoms with E-state index < -0.39 is 30.8 Å². The van der Waals surface area contributed by atoms with Crippen LogP contribution in [0.5, 0.6) is 5.75 Å². The van der Waals surface area contributed by atoms with E-state index in [0.717, 1.165) is 11.3 Å². The minimum atomic E-state index is -2.78. The number of aliphatic carboxylic acids is 1. The zero-order valence-corrected chi connectivity index (χ0v) is 12.9. The number of carbonyl (C=O) groups is 2. The van der Waals surface area contributed by atoms with Gasteiger partial charge in [0, 0.05) is 12.8 Å². The lowest BCUT2D eigenvalue weighted by Crippen LogP contribution is -2.41. The Labute approximate surface area is 133 Å². The molecule has 1 atom stereocenters. The Morgan fingerprint density at radius 1 is 1.30 bits per heavy atom. The lowest BCUT2D eigenvalue weighted by atomic mass is 10.2. The highest BCUT2D eigenvalue weighted by atomic mass is 19.3. The molecule has 128 valence electrons. The van der Waals surface area contributed by atoms with E-state index in [9.17, 15) is 18.4 Å². The molecule has 0 spiro atoms. The summed E-state index contributed by atoms with van der Waals surface area (Å²) in [4.78, 5) is 22.3. The monoisotopic (exact) mass is 329 g/mol. The van der Waals surface area contributed by atoms with Gasteiger partial charge in [0.2, 0.25) is 12.3 Å². The highest BCUT2D eigenvalue weighted by Crippen LogP contribution is 2.13. The molecule has 1 amide bonds. The Morgan fingerprint density at radius 3 is 2.65 bits per heavy atom. The summed E-state index contributed by atoms with van der Waals surface area (Å²) >= 11 is 0. The minimum absolute atomic E-state index is 0.0736. The van der Waals surface area contributed by atoms with Crippen LogP contribution in [0.25, 0.3) is 0 Å². The quantitative estimate of drug-likeness (QED) is 0.647. The van der Waals surface area contributed by atoms with Crippen LogP contribution < -0.4 is 10.1 Å². The molecule has 1 aromatic carbocycles. The molecular formula is C16H21F2NO4. The third-order valence-corrected chi connectivity index (χ3v) is 3.10. The standard InChI is InChI=1S/C16H21F2NO4/c1-11-5-4-6-12(9-11)23-8-3-2-7-15(20)19-13(16(21)22)10-14(17)18/h4-6,9,13-14H,2-3,7-8,10H2,1H3,(H,19,20)(H,21,22). The average Bonchev–Trinajstić information content (AvgIpc) is 2.45. The van der Waals surface area contributed by atoms with Gasteiger partial charge in [-0.3, -0.25) is 4.79 Å². The van der Waals surface area contributed by atoms with Gasteiger partial charge in [-0.05, 0) is 37.5 Å². The van der Waals surface area contributed by atoms with E-state index in [0.29, 0.717) is 19.4 Å². The molecule has 1 unspecified atom stereocenters. The molecule has 0 radical (unpaired) electrons. The molecule has 1 rings (SSSR count). The lowest BCUT2D eigenvalue weighted by molar-refractivity contribution is -0.143. The molecule has 0 heterocycles. The van der Waals surface area contributed by atoms with Crippen LogP contribution in [0.3, 0.4) is 0 Å². The molecule has 0 aromatic heterocycles. The lowest BCUT2D eigenvalue weighted by Gasteiger charge is -2.14. The molecule has 0 aliphatic carbocycles. The Kier molecular flexibility index (Phi) is 8.01. The van der Waals surface area contributed by atoms with Crippen LogP contribution in [0.1, 0.15) is 31.2 Å². The van der Waals surface area contributed by atoms with Crippen LogP contribution >= 0.6 is 0 Å². The largest absolute Gasteiger partial charge is 0.494 e. The fourth-order valence-corrected chi connectivity index (χ4v) is 1.95. The molecule has 5 nitrogen and oxygen atoms in total. The van der Waals surface area contributed by atoms with Crippen molar-refractivity contribution < 1.29 is 28.2 Å². The zero-order chi connectivity index (χ0) is 17.2. The number of hydrogen-bond acceptors (Lipinski definition) is 3. The third-order valence-electron chi connectivity index (χ3n) is 3.10. The van der Waals surface area contributed by atoms with Crippen molar-refractivity contribution in [2.75, 3.05) is 6.61 Å². The van der Waals surface area contributed by atoms with Crippen LogP contribution in [0.4, 0.5) is 8.78 Å². The number of carboxylic acid groups (broad SMARTS) is 1. The highest BCUT2D eigenvalue weighted by molar-refractivity contribution is 5.83. The summed E-state index contributed by atoms with van der Waals surface area (Å²) in [6, 6.07) is 6.02. The number of halogens is 2. The fourth-order valence-electron chi connectivity index (χ4n) is 1.95. The van der Waals surface area contributed by atoms with Gasteiger partial charge in [-0.15, -0.1) is 0 Å². The second kappa shape index (κ2) is 9.76. The molecule has 0 saturated heterocycles. The van der Waals surface area contributed by atoms with Gasteiger partial charge in [-0.1, -0.05) is 12.1 Å². The molecule has 0 bridgehead atoms. The first-order valence-electron chi connectivity index (χ1n) is 7.38. The molecule has 7 heteroatoms. The van der Waals surface area contributed by atoms with Crippen molar-refractivity contribution in [2.45, 2.75) is 45.1 Å². The zero-order valence-electron chi connectivity index (χ0n) is 12.9. The van der Waals surface area contributed by atoms with E-state index in [1.54, 1.807) is 0 Å². The predicted molar refractivity (Wildman–Crippen MR) is 80.7 cm³/mol. The molecule has 0 aliphatic heterocycles. The van der Waals surface area contributed by atoms with Crippen LogP contribution in [0.2, 0.25) is 0 Å². The van der Waals surface area contributed by atoms with Gasteiger partial charge in [0.15, 0.2) is 0 Å². The maximum Gasteiger partial charge on any atom is 0.326 e. The second-order valence-electron chi connectivity index (χ2n) is 5.21. The Bertz CT molecular complexity index is 523. The summed E-state index contributed by atoms with van der Waals surface area (Å²) in [5.74, 6) is -1.26. The summed E-state index contributed by atoms with van der Waals surface area (Å²) in [6.45, 7) is 2.38. The molecular weight excluding hydrogens is 308 g/mol. The van der Waals surface area contributed by atoms with Crippen molar-refractivity contribution in [1.29, 1.82) is 0 Å². The SMILES string of the molecule is Cc1cccc(OCCCCC(=O)NC(CC(F)F)C(=O)O)c1. The molecule has 2 N–H and O–H groups in total. The van der Waals surface area contributed by atoms with Gasteiger partial charge in [-0.2, -0.15) is 0 Å². The highest BCUT2D eigenvalue weighted by Gasteiger charge is 2.23. The summed E-state index contributed by atoms with van der Waals surface area (Å²) in [6.07, 6.45) is -2.51. The van der Waals surface area contributed by atoms with Gasteiger partial charge in [0.1, 0.15) is 11.8 Å². The Hall–Kier alpha value is -2.18. The first kappa shape index (κ1) is 18.9. The number of aryl methyl sites for hydroxylation is 1. The summed E-state index contributed by atoms with van der Waals surface area (Å²) in [5, 5.41) is 10.9. The van der Waals surface area contributed by atoms with Crippen molar-refractivity contribution in [3.05, 3.63) is 29.8 Å².